The first-order valence-corrected chi connectivity index (χ1v) is 7.31. The van der Waals surface area contributed by atoms with Crippen molar-refractivity contribution in [3.05, 3.63) is 45.7 Å². The number of hydrogen-bond acceptors (Lipinski definition) is 5. The quantitative estimate of drug-likeness (QED) is 0.839. The molecule has 0 aromatic carbocycles. The lowest BCUT2D eigenvalue weighted by Crippen LogP contribution is -2.23. The molecule has 0 atom stereocenters. The number of nitrogens with one attached hydrogen (secondary N) is 1. The van der Waals surface area contributed by atoms with E-state index in [1.54, 1.807) is 6.20 Å². The number of carbonyl (C=O) groups is 1. The maximum absolute atomic E-state index is 11.9. The molecule has 6 heteroatoms. The number of nitrogens with zero attached hydrogens (tertiary/aromatic N) is 2. The smallest absolute Gasteiger partial charge is 0.271 e. The Morgan fingerprint density at radius 3 is 3.00 bits per heavy atom. The molecule has 2 heterocycles. The first-order chi connectivity index (χ1) is 10.2. The Balaban J connectivity index is 1.90. The van der Waals surface area contributed by atoms with E-state index in [1.807, 2.05) is 18.4 Å². The molecule has 0 saturated heterocycles. The topological polar surface area (TPSA) is 75.1 Å². The molecule has 0 aliphatic heterocycles. The summed E-state index contributed by atoms with van der Waals surface area (Å²) >= 11 is 1.53. The summed E-state index contributed by atoms with van der Waals surface area (Å²) in [4.78, 5) is 21.0. The van der Waals surface area contributed by atoms with Gasteiger partial charge in [-0.25, -0.2) is 4.98 Å². The van der Waals surface area contributed by atoms with Crippen molar-refractivity contribution in [2.45, 2.75) is 19.9 Å². The van der Waals surface area contributed by atoms with E-state index in [0.717, 1.165) is 16.1 Å². The van der Waals surface area contributed by atoms with Crippen LogP contribution in [-0.2, 0) is 6.54 Å². The van der Waals surface area contributed by atoms with Crippen LogP contribution in [0.4, 0.5) is 0 Å². The molecule has 2 aromatic heterocycles. The van der Waals surface area contributed by atoms with Crippen molar-refractivity contribution in [3.63, 3.8) is 0 Å². The van der Waals surface area contributed by atoms with E-state index in [-0.39, 0.29) is 12.5 Å². The van der Waals surface area contributed by atoms with Gasteiger partial charge in [-0.2, -0.15) is 0 Å². The molecule has 0 unspecified atom stereocenters. The molecule has 0 fully saturated rings. The molecule has 0 saturated carbocycles. The van der Waals surface area contributed by atoms with E-state index in [9.17, 15) is 4.79 Å². The third kappa shape index (κ3) is 4.67. The summed E-state index contributed by atoms with van der Waals surface area (Å²) in [6.07, 6.45) is 3.49. The number of carbonyl (C=O) groups excluding carboxylic acids is 1. The third-order valence-corrected chi connectivity index (χ3v) is 3.50. The minimum Gasteiger partial charge on any atom is -0.395 e. The summed E-state index contributed by atoms with van der Waals surface area (Å²) in [5.74, 6) is 5.57. The number of aromatic nitrogens is 2. The summed E-state index contributed by atoms with van der Waals surface area (Å²) in [5.41, 5.74) is 1.98. The summed E-state index contributed by atoms with van der Waals surface area (Å²) in [6.45, 7) is 2.32. The highest BCUT2D eigenvalue weighted by atomic mass is 32.1. The first kappa shape index (κ1) is 15.2. The van der Waals surface area contributed by atoms with Crippen molar-refractivity contribution < 1.29 is 9.90 Å². The van der Waals surface area contributed by atoms with Gasteiger partial charge in [0.05, 0.1) is 25.0 Å². The summed E-state index contributed by atoms with van der Waals surface area (Å²) in [5, 5.41) is 13.4. The van der Waals surface area contributed by atoms with Gasteiger partial charge in [0.2, 0.25) is 0 Å². The average molecular weight is 301 g/mol. The number of rotatable bonds is 4. The zero-order valence-corrected chi connectivity index (χ0v) is 12.4. The van der Waals surface area contributed by atoms with Crippen LogP contribution in [-0.4, -0.2) is 27.6 Å². The summed E-state index contributed by atoms with van der Waals surface area (Å²) in [6, 6.07) is 1.93. The molecule has 0 aliphatic rings. The van der Waals surface area contributed by atoms with Crippen molar-refractivity contribution in [2.75, 3.05) is 6.61 Å². The fraction of sp³-hybridized carbons (Fsp3) is 0.267. The van der Waals surface area contributed by atoms with E-state index in [1.165, 1.54) is 17.5 Å². The van der Waals surface area contributed by atoms with Gasteiger partial charge in [-0.1, -0.05) is 11.8 Å². The molecule has 2 N–H and O–H groups in total. The van der Waals surface area contributed by atoms with Crippen LogP contribution in [0.5, 0.6) is 0 Å². The summed E-state index contributed by atoms with van der Waals surface area (Å²) in [7, 11) is 0. The molecular formula is C15H15N3O2S. The molecule has 21 heavy (non-hydrogen) atoms. The molecule has 0 spiro atoms. The maximum atomic E-state index is 11.9. The number of hydrogen-bond donors (Lipinski definition) is 2. The van der Waals surface area contributed by atoms with Gasteiger partial charge in [-0.05, 0) is 13.0 Å². The van der Waals surface area contributed by atoms with Gasteiger partial charge in [0, 0.05) is 28.4 Å². The minimum absolute atomic E-state index is 0.0671. The van der Waals surface area contributed by atoms with Gasteiger partial charge in [-0.15, -0.1) is 11.3 Å². The van der Waals surface area contributed by atoms with Crippen molar-refractivity contribution in [1.82, 2.24) is 15.3 Å². The lowest BCUT2D eigenvalue weighted by molar-refractivity contribution is 0.0946. The molecule has 1 amide bonds. The van der Waals surface area contributed by atoms with Crippen LogP contribution >= 0.6 is 11.3 Å². The van der Waals surface area contributed by atoms with Crippen LogP contribution in [0.1, 0.15) is 33.0 Å². The van der Waals surface area contributed by atoms with Crippen LogP contribution in [0.3, 0.4) is 0 Å². The Bertz CT molecular complexity index is 668. The average Bonchev–Trinajstić information content (AvgIpc) is 2.94. The van der Waals surface area contributed by atoms with Crippen LogP contribution < -0.4 is 5.32 Å². The lowest BCUT2D eigenvalue weighted by atomic mass is 10.3. The molecule has 108 valence electrons. The molecule has 0 aliphatic carbocycles. The second kappa shape index (κ2) is 7.53. The van der Waals surface area contributed by atoms with Crippen LogP contribution in [0.15, 0.2) is 23.8 Å². The van der Waals surface area contributed by atoms with E-state index >= 15 is 0 Å². The van der Waals surface area contributed by atoms with Crippen molar-refractivity contribution in [2.24, 2.45) is 0 Å². The Labute approximate surface area is 127 Å². The number of aryl methyl sites for hydroxylation is 1. The number of amides is 1. The molecule has 5 nitrogen and oxygen atoms in total. The Kier molecular flexibility index (Phi) is 5.43. The fourth-order valence-corrected chi connectivity index (χ4v) is 2.28. The largest absolute Gasteiger partial charge is 0.395 e. The van der Waals surface area contributed by atoms with E-state index in [2.05, 4.69) is 27.1 Å². The molecule has 2 aromatic rings. The van der Waals surface area contributed by atoms with E-state index in [4.69, 9.17) is 5.11 Å². The predicted octanol–water partition coefficient (Wildman–Crippen LogP) is 1.51. The van der Waals surface area contributed by atoms with Gasteiger partial charge in [0.15, 0.2) is 0 Å². The van der Waals surface area contributed by atoms with Crippen molar-refractivity contribution >= 4 is 17.2 Å². The molecular weight excluding hydrogens is 286 g/mol. The molecule has 0 bridgehead atoms. The number of aliphatic hydroxyl groups is 1. The van der Waals surface area contributed by atoms with Gasteiger partial charge < -0.3 is 10.4 Å². The summed E-state index contributed by atoms with van der Waals surface area (Å²) < 4.78 is 0. The van der Waals surface area contributed by atoms with Crippen molar-refractivity contribution in [1.29, 1.82) is 0 Å². The molecule has 2 rings (SSSR count). The monoisotopic (exact) mass is 301 g/mol. The Morgan fingerprint density at radius 2 is 2.29 bits per heavy atom. The second-order valence-electron chi connectivity index (χ2n) is 4.30. The standard InChI is InChI=1S/C15H15N3O2S/c1-11-7-17-14(9-16-11)15(20)18-8-13-6-12(10-21-13)4-2-3-5-19/h6-7,9-10,19H,3,5,8H2,1H3,(H,18,20). The zero-order valence-electron chi connectivity index (χ0n) is 11.6. The number of aliphatic hydroxyl groups excluding tert-OH is 1. The maximum Gasteiger partial charge on any atom is 0.271 e. The van der Waals surface area contributed by atoms with Crippen LogP contribution in [0.25, 0.3) is 0 Å². The van der Waals surface area contributed by atoms with Crippen LogP contribution in [0, 0.1) is 18.8 Å². The van der Waals surface area contributed by atoms with E-state index in [0.29, 0.717) is 18.7 Å². The predicted molar refractivity (Wildman–Crippen MR) is 80.8 cm³/mol. The highest BCUT2D eigenvalue weighted by Gasteiger charge is 2.07. The normalized spacial score (nSPS) is 9.81. The highest BCUT2D eigenvalue weighted by Crippen LogP contribution is 2.13. The Morgan fingerprint density at radius 1 is 1.43 bits per heavy atom. The minimum atomic E-state index is -0.246. The second-order valence-corrected chi connectivity index (χ2v) is 5.30. The Hall–Kier alpha value is -2.23. The first-order valence-electron chi connectivity index (χ1n) is 6.43. The van der Waals surface area contributed by atoms with Gasteiger partial charge >= 0.3 is 0 Å². The molecule has 0 radical (unpaired) electrons. The van der Waals surface area contributed by atoms with Gasteiger partial charge in [0.25, 0.3) is 5.91 Å². The fourth-order valence-electron chi connectivity index (χ4n) is 1.53. The van der Waals surface area contributed by atoms with Crippen LogP contribution in [0.2, 0.25) is 0 Å². The SMILES string of the molecule is Cc1cnc(C(=O)NCc2cc(C#CCCO)cs2)cn1. The third-order valence-electron chi connectivity index (χ3n) is 2.56. The van der Waals surface area contributed by atoms with Crippen molar-refractivity contribution in [3.8, 4) is 11.8 Å². The van der Waals surface area contributed by atoms with Gasteiger partial charge in [-0.3, -0.25) is 9.78 Å². The highest BCUT2D eigenvalue weighted by molar-refractivity contribution is 7.10. The van der Waals surface area contributed by atoms with Gasteiger partial charge in [0.1, 0.15) is 5.69 Å². The number of thiophene rings is 1. The lowest BCUT2D eigenvalue weighted by Gasteiger charge is -2.02. The van der Waals surface area contributed by atoms with E-state index < -0.39 is 0 Å². The zero-order chi connectivity index (χ0) is 15.1.